The zero-order valence-corrected chi connectivity index (χ0v) is 30.7. The first-order valence-electron chi connectivity index (χ1n) is 17.3. The van der Waals surface area contributed by atoms with Crippen molar-refractivity contribution in [2.45, 2.75) is 38.1 Å². The van der Waals surface area contributed by atoms with Gasteiger partial charge in [-0.15, -0.1) is 0 Å². The molecule has 2 N–H and O–H groups in total. The van der Waals surface area contributed by atoms with Gasteiger partial charge in [0.05, 0.1) is 0 Å². The van der Waals surface area contributed by atoms with Gasteiger partial charge in [0.1, 0.15) is 65.3 Å². The topological polar surface area (TPSA) is 146 Å². The van der Waals surface area contributed by atoms with Crippen molar-refractivity contribution < 1.29 is 47.2 Å². The number of ether oxygens (including phenoxy) is 4. The summed E-state index contributed by atoms with van der Waals surface area (Å²) in [4.78, 5) is 26.0. The van der Waals surface area contributed by atoms with Crippen LogP contribution >= 0.6 is 0 Å². The number of carbonyl (C=O) groups is 2. The highest BCUT2D eigenvalue weighted by atomic mass is 32.2. The Morgan fingerprint density at radius 1 is 0.491 bits per heavy atom. The Kier molecular flexibility index (Phi) is 12.1. The molecule has 0 aliphatic heterocycles. The molecule has 0 saturated heterocycles. The van der Waals surface area contributed by atoms with Gasteiger partial charge >= 0.3 is 11.9 Å². The predicted octanol–water partition coefficient (Wildman–Crippen LogP) is 8.27. The Balaban J connectivity index is 1.58. The molecular weight excluding hydrogens is 721 g/mol. The maximum absolute atomic E-state index is 14.0. The lowest BCUT2D eigenvalue weighted by Gasteiger charge is -2.31. The largest absolute Gasteiger partial charge is 0.489 e. The predicted molar refractivity (Wildman–Crippen MR) is 207 cm³/mol. The van der Waals surface area contributed by atoms with E-state index in [4.69, 9.17) is 18.9 Å². The Morgan fingerprint density at radius 3 is 1.05 bits per heavy atom. The monoisotopic (exact) mass is 758 g/mol. The molecule has 0 aliphatic carbocycles. The Bertz CT molecular complexity index is 2170. The summed E-state index contributed by atoms with van der Waals surface area (Å²) < 4.78 is 50.4. The summed E-state index contributed by atoms with van der Waals surface area (Å²) in [5, 5.41) is 21.1. The lowest BCUT2D eigenvalue weighted by molar-refractivity contribution is 0.0680. The fourth-order valence-corrected chi connectivity index (χ4v) is 6.73. The van der Waals surface area contributed by atoms with Crippen LogP contribution in [-0.2, 0) is 41.9 Å². The molecule has 280 valence electrons. The molecule has 0 saturated carbocycles. The van der Waals surface area contributed by atoms with E-state index in [-0.39, 0.29) is 71.7 Å². The average Bonchev–Trinajstić information content (AvgIpc) is 3.21. The van der Waals surface area contributed by atoms with Gasteiger partial charge in [0, 0.05) is 11.1 Å². The number of carboxylic acid groups (broad SMARTS) is 2. The van der Waals surface area contributed by atoms with E-state index in [9.17, 15) is 28.2 Å². The highest BCUT2D eigenvalue weighted by Crippen LogP contribution is 2.48. The van der Waals surface area contributed by atoms with Crippen LogP contribution in [-0.4, -0.2) is 30.6 Å². The number of rotatable bonds is 17. The molecule has 0 unspecified atom stereocenters. The van der Waals surface area contributed by atoms with Gasteiger partial charge in [-0.2, -0.15) is 0 Å². The molecule has 0 bridgehead atoms. The molecule has 0 amide bonds. The normalized spacial score (nSPS) is 11.2. The molecular formula is C44H38O10S. The van der Waals surface area contributed by atoms with Crippen molar-refractivity contribution in [1.29, 1.82) is 0 Å². The fraction of sp³-hybridized carbons (Fsp3) is 0.136. The molecule has 55 heavy (non-hydrogen) atoms. The summed E-state index contributed by atoms with van der Waals surface area (Å²) >= 11 is 0. The van der Waals surface area contributed by atoms with Crippen molar-refractivity contribution in [3.8, 4) is 23.0 Å². The van der Waals surface area contributed by atoms with Gasteiger partial charge in [-0.05, 0) is 53.4 Å². The molecule has 0 aliphatic rings. The zero-order chi connectivity index (χ0) is 38.8. The number of aromatic carboxylic acids is 2. The van der Waals surface area contributed by atoms with Gasteiger partial charge in [-0.25, -0.2) is 18.0 Å². The lowest BCUT2D eigenvalue weighted by atomic mass is 9.87. The van der Waals surface area contributed by atoms with Crippen LogP contribution in [0.25, 0.3) is 0 Å². The molecule has 0 atom stereocenters. The first-order valence-corrected chi connectivity index (χ1v) is 18.5. The third kappa shape index (κ3) is 9.14. The van der Waals surface area contributed by atoms with Crippen molar-refractivity contribution in [3.05, 3.63) is 190 Å². The number of hydrogen-bond donors (Lipinski definition) is 3. The molecule has 0 spiro atoms. The minimum atomic E-state index is -3.61. The third-order valence-corrected chi connectivity index (χ3v) is 10.2. The molecule has 0 heterocycles. The second-order valence-electron chi connectivity index (χ2n) is 12.7. The Morgan fingerprint density at radius 2 is 0.782 bits per heavy atom. The van der Waals surface area contributed by atoms with Gasteiger partial charge in [-0.3, -0.25) is 0 Å². The van der Waals surface area contributed by atoms with Crippen LogP contribution in [0.2, 0.25) is 0 Å². The molecule has 0 fully saturated rings. The van der Waals surface area contributed by atoms with Gasteiger partial charge in [0.15, 0.2) is 10.7 Å². The van der Waals surface area contributed by atoms with E-state index in [0.717, 1.165) is 11.1 Å². The van der Waals surface area contributed by atoms with Gasteiger partial charge in [0.25, 0.3) is 0 Å². The van der Waals surface area contributed by atoms with E-state index in [1.807, 2.05) is 72.8 Å². The first-order chi connectivity index (χ1) is 26.6. The molecule has 10 nitrogen and oxygen atoms in total. The van der Waals surface area contributed by atoms with E-state index < -0.39 is 27.4 Å². The number of hydrogen-bond acceptors (Lipinski definition) is 8. The summed E-state index contributed by atoms with van der Waals surface area (Å²) in [7, 11) is -3.61. The summed E-state index contributed by atoms with van der Waals surface area (Å²) in [5.74, 6) is -3.19. The van der Waals surface area contributed by atoms with Crippen molar-refractivity contribution in [1.82, 2.24) is 0 Å². The minimum absolute atomic E-state index is 0.0429. The fourth-order valence-electron chi connectivity index (χ4n) is 6.01. The summed E-state index contributed by atoms with van der Waals surface area (Å²) in [5.41, 5.74) is 2.02. The van der Waals surface area contributed by atoms with E-state index in [2.05, 4.69) is 0 Å². The number of thiol groups is 1. The van der Waals surface area contributed by atoms with Crippen molar-refractivity contribution >= 4 is 22.6 Å². The standard InChI is InChI=1S/C44H38O10S/c1-44(55(49)50,38-24-34(51-26-30-14-6-2-7-15-30)22-36(42(45)46)40(38)53-28-32-18-10-4-11-19-32)39-25-35(52-27-31-16-8-3-9-17-31)23-37(43(47)48)41(39)54-29-33-20-12-5-13-21-33/h2-25,55H,26-29H2,1H3,(H,45,46)(H,47,48). The van der Waals surface area contributed by atoms with Crippen LogP contribution in [0.5, 0.6) is 23.0 Å². The number of benzene rings is 6. The van der Waals surface area contributed by atoms with Crippen LogP contribution < -0.4 is 18.9 Å². The molecule has 6 aromatic carbocycles. The van der Waals surface area contributed by atoms with Crippen LogP contribution in [0.15, 0.2) is 146 Å². The van der Waals surface area contributed by atoms with Gasteiger partial charge in [-0.1, -0.05) is 121 Å². The van der Waals surface area contributed by atoms with E-state index >= 15 is 0 Å². The highest BCUT2D eigenvalue weighted by Gasteiger charge is 2.42. The smallest absolute Gasteiger partial charge is 0.339 e. The highest BCUT2D eigenvalue weighted by molar-refractivity contribution is 7.73. The number of carboxylic acids is 2. The van der Waals surface area contributed by atoms with Crippen LogP contribution in [0.3, 0.4) is 0 Å². The molecule has 0 radical (unpaired) electrons. The Hall–Kier alpha value is -6.59. The zero-order valence-electron chi connectivity index (χ0n) is 29.8. The maximum atomic E-state index is 14.0. The molecule has 0 aromatic heterocycles. The molecule has 6 aromatic rings. The second-order valence-corrected chi connectivity index (χ2v) is 14.1. The minimum Gasteiger partial charge on any atom is -0.489 e. The van der Waals surface area contributed by atoms with Crippen LogP contribution in [0.1, 0.15) is 61.0 Å². The van der Waals surface area contributed by atoms with Crippen LogP contribution in [0, 0.1) is 0 Å². The first kappa shape index (κ1) is 38.1. The van der Waals surface area contributed by atoms with Crippen molar-refractivity contribution in [3.63, 3.8) is 0 Å². The molecule has 11 heteroatoms. The second kappa shape index (κ2) is 17.5. The van der Waals surface area contributed by atoms with E-state index in [0.29, 0.717) is 11.1 Å². The van der Waals surface area contributed by atoms with Crippen molar-refractivity contribution in [2.75, 3.05) is 0 Å². The Labute approximate surface area is 320 Å². The summed E-state index contributed by atoms with van der Waals surface area (Å²) in [6.07, 6.45) is 0. The van der Waals surface area contributed by atoms with Gasteiger partial charge < -0.3 is 29.2 Å². The van der Waals surface area contributed by atoms with Gasteiger partial charge in [0.2, 0.25) is 0 Å². The summed E-state index contributed by atoms with van der Waals surface area (Å²) in [6.45, 7) is 1.22. The maximum Gasteiger partial charge on any atom is 0.339 e. The van der Waals surface area contributed by atoms with Crippen LogP contribution in [0.4, 0.5) is 0 Å². The summed E-state index contributed by atoms with van der Waals surface area (Å²) in [6, 6.07) is 41.7. The molecule has 6 rings (SSSR count). The SMILES string of the molecule is CC(c1cc(OCc2ccccc2)cc(C(=O)O)c1OCc1ccccc1)(c1cc(OCc2ccccc2)cc(C(=O)O)c1OCc1ccccc1)[SH](=O)=O. The lowest BCUT2D eigenvalue weighted by Crippen LogP contribution is -2.29. The van der Waals surface area contributed by atoms with E-state index in [1.54, 1.807) is 48.5 Å². The van der Waals surface area contributed by atoms with Crippen molar-refractivity contribution in [2.24, 2.45) is 0 Å². The van der Waals surface area contributed by atoms with E-state index in [1.165, 1.54) is 31.2 Å². The quantitative estimate of drug-likeness (QED) is 0.0777. The average molecular weight is 759 g/mol. The third-order valence-electron chi connectivity index (χ3n) is 8.95.